The molecule has 4 nitrogen and oxygen atoms in total. The summed E-state index contributed by atoms with van der Waals surface area (Å²) in [6.07, 6.45) is 2.95. The van der Waals surface area contributed by atoms with Crippen LogP contribution in [-0.2, 0) is 4.79 Å². The maximum atomic E-state index is 11.2. The van der Waals surface area contributed by atoms with Gasteiger partial charge in [-0.3, -0.25) is 4.79 Å². The molecule has 18 heavy (non-hydrogen) atoms. The third kappa shape index (κ3) is 2.79. The molecule has 0 fully saturated rings. The van der Waals surface area contributed by atoms with Gasteiger partial charge >= 0.3 is 0 Å². The van der Waals surface area contributed by atoms with Crippen LogP contribution < -0.4 is 5.32 Å². The highest BCUT2D eigenvalue weighted by atomic mass is 16.1. The van der Waals surface area contributed by atoms with Crippen LogP contribution in [0.15, 0.2) is 49.2 Å². The number of carbonyl (C=O) groups excluding carboxylic acids is 1. The van der Waals surface area contributed by atoms with Crippen LogP contribution >= 0.6 is 0 Å². The zero-order valence-electron chi connectivity index (χ0n) is 10.1. The van der Waals surface area contributed by atoms with Gasteiger partial charge in [-0.25, -0.2) is 9.97 Å². The van der Waals surface area contributed by atoms with Crippen molar-refractivity contribution in [1.29, 1.82) is 0 Å². The summed E-state index contributed by atoms with van der Waals surface area (Å²) in [6.45, 7) is 5.26. The molecule has 0 aliphatic rings. The van der Waals surface area contributed by atoms with E-state index in [1.165, 1.54) is 6.08 Å². The van der Waals surface area contributed by atoms with E-state index < -0.39 is 0 Å². The summed E-state index contributed by atoms with van der Waals surface area (Å²) in [7, 11) is 0. The second-order valence-electron chi connectivity index (χ2n) is 3.76. The van der Waals surface area contributed by atoms with E-state index >= 15 is 0 Å². The Balaban J connectivity index is 2.32. The summed E-state index contributed by atoms with van der Waals surface area (Å²) in [6, 6.07) is 9.32. The molecule has 1 N–H and O–H groups in total. The highest BCUT2D eigenvalue weighted by Gasteiger charge is 2.02. The molecule has 0 unspecified atom stereocenters. The fraction of sp³-hybridized carbons (Fsp3) is 0.0714. The summed E-state index contributed by atoms with van der Waals surface area (Å²) < 4.78 is 0. The van der Waals surface area contributed by atoms with Crippen LogP contribution in [0.4, 0.5) is 5.69 Å². The maximum absolute atomic E-state index is 11.2. The molecule has 4 heteroatoms. The average molecular weight is 239 g/mol. The number of benzene rings is 1. The van der Waals surface area contributed by atoms with Crippen LogP contribution in [0.3, 0.4) is 0 Å². The Morgan fingerprint density at radius 1 is 1.39 bits per heavy atom. The molecule has 0 atom stereocenters. The summed E-state index contributed by atoms with van der Waals surface area (Å²) in [5, 5.41) is 2.72. The van der Waals surface area contributed by atoms with E-state index in [9.17, 15) is 4.79 Å². The van der Waals surface area contributed by atoms with Crippen molar-refractivity contribution in [2.45, 2.75) is 6.92 Å². The predicted octanol–water partition coefficient (Wildman–Crippen LogP) is 2.58. The molecule has 1 amide bonds. The summed E-state index contributed by atoms with van der Waals surface area (Å²) >= 11 is 0. The van der Waals surface area contributed by atoms with Crippen LogP contribution in [0.2, 0.25) is 0 Å². The van der Waals surface area contributed by atoms with Gasteiger partial charge in [0.25, 0.3) is 0 Å². The molecule has 1 aromatic heterocycles. The lowest BCUT2D eigenvalue weighted by Gasteiger charge is -2.05. The first-order chi connectivity index (χ1) is 8.69. The molecule has 90 valence electrons. The minimum atomic E-state index is -0.231. The molecule has 0 spiro atoms. The van der Waals surface area contributed by atoms with Gasteiger partial charge in [0.15, 0.2) is 0 Å². The number of hydrogen-bond acceptors (Lipinski definition) is 3. The molecular weight excluding hydrogens is 226 g/mol. The van der Waals surface area contributed by atoms with Crippen molar-refractivity contribution < 1.29 is 4.79 Å². The minimum Gasteiger partial charge on any atom is -0.323 e. The minimum absolute atomic E-state index is 0.231. The Bertz CT molecular complexity index is 593. The Morgan fingerprint density at radius 2 is 2.22 bits per heavy atom. The first-order valence-corrected chi connectivity index (χ1v) is 5.52. The quantitative estimate of drug-likeness (QED) is 0.837. The van der Waals surface area contributed by atoms with Gasteiger partial charge in [-0.2, -0.15) is 0 Å². The highest BCUT2D eigenvalue weighted by Crippen LogP contribution is 2.20. The average Bonchev–Trinajstić information content (AvgIpc) is 2.39. The van der Waals surface area contributed by atoms with Gasteiger partial charge in [-0.15, -0.1) is 0 Å². The number of nitrogens with one attached hydrogen (secondary N) is 1. The van der Waals surface area contributed by atoms with Crippen molar-refractivity contribution in [1.82, 2.24) is 9.97 Å². The topological polar surface area (TPSA) is 54.9 Å². The van der Waals surface area contributed by atoms with Crippen molar-refractivity contribution in [2.24, 2.45) is 0 Å². The smallest absolute Gasteiger partial charge is 0.247 e. The molecule has 0 radical (unpaired) electrons. The van der Waals surface area contributed by atoms with Gasteiger partial charge in [0.2, 0.25) is 5.91 Å². The van der Waals surface area contributed by atoms with Gasteiger partial charge < -0.3 is 5.32 Å². The zero-order valence-corrected chi connectivity index (χ0v) is 10.1. The molecular formula is C14H13N3O. The van der Waals surface area contributed by atoms with Crippen LogP contribution in [0.25, 0.3) is 11.3 Å². The lowest BCUT2D eigenvalue weighted by atomic mass is 10.1. The second kappa shape index (κ2) is 5.23. The van der Waals surface area contributed by atoms with Crippen LogP contribution in [0, 0.1) is 6.92 Å². The molecule has 2 rings (SSSR count). The zero-order chi connectivity index (χ0) is 13.0. The van der Waals surface area contributed by atoms with Crippen LogP contribution in [-0.4, -0.2) is 15.9 Å². The van der Waals surface area contributed by atoms with Crippen molar-refractivity contribution in [3.63, 3.8) is 0 Å². The standard InChI is InChI=1S/C14H13N3O/c1-3-14(18)17-12-6-4-5-11(9-12)13-7-8-15-10(2)16-13/h3-9H,1H2,2H3,(H,17,18). The molecule has 0 saturated heterocycles. The second-order valence-corrected chi connectivity index (χ2v) is 3.76. The van der Waals surface area contributed by atoms with Gasteiger partial charge in [-0.1, -0.05) is 18.7 Å². The van der Waals surface area contributed by atoms with Crippen LogP contribution in [0.5, 0.6) is 0 Å². The van der Waals surface area contributed by atoms with Gasteiger partial charge in [0.05, 0.1) is 5.69 Å². The van der Waals surface area contributed by atoms with E-state index in [1.54, 1.807) is 6.20 Å². The number of nitrogens with zero attached hydrogens (tertiary/aromatic N) is 2. The first-order valence-electron chi connectivity index (χ1n) is 5.52. The largest absolute Gasteiger partial charge is 0.323 e. The van der Waals surface area contributed by atoms with Crippen molar-refractivity contribution in [3.8, 4) is 11.3 Å². The van der Waals surface area contributed by atoms with Crippen molar-refractivity contribution in [3.05, 3.63) is 55.0 Å². The monoisotopic (exact) mass is 239 g/mol. The molecule has 0 aliphatic carbocycles. The highest BCUT2D eigenvalue weighted by molar-refractivity contribution is 5.99. The lowest BCUT2D eigenvalue weighted by molar-refractivity contribution is -0.111. The number of hydrogen-bond donors (Lipinski definition) is 1. The summed E-state index contributed by atoms with van der Waals surface area (Å²) in [5.74, 6) is 0.485. The van der Waals surface area contributed by atoms with Gasteiger partial charge in [0.1, 0.15) is 5.82 Å². The normalized spacial score (nSPS) is 9.83. The third-order valence-corrected chi connectivity index (χ3v) is 2.39. The molecule has 0 aliphatic heterocycles. The number of aryl methyl sites for hydroxylation is 1. The molecule has 1 aromatic carbocycles. The summed E-state index contributed by atoms with van der Waals surface area (Å²) in [4.78, 5) is 19.6. The van der Waals surface area contributed by atoms with E-state index in [1.807, 2.05) is 37.3 Å². The van der Waals surface area contributed by atoms with Crippen LogP contribution in [0.1, 0.15) is 5.82 Å². The lowest BCUT2D eigenvalue weighted by Crippen LogP contribution is -2.07. The van der Waals surface area contributed by atoms with Crippen molar-refractivity contribution >= 4 is 11.6 Å². The number of amides is 1. The molecule has 1 heterocycles. The number of rotatable bonds is 3. The van der Waals surface area contributed by atoms with E-state index in [0.29, 0.717) is 11.5 Å². The predicted molar refractivity (Wildman–Crippen MR) is 71.0 cm³/mol. The Labute approximate surface area is 105 Å². The van der Waals surface area contributed by atoms with E-state index in [2.05, 4.69) is 21.9 Å². The number of anilines is 1. The SMILES string of the molecule is C=CC(=O)Nc1cccc(-c2ccnc(C)n2)c1. The van der Waals surface area contributed by atoms with E-state index in [-0.39, 0.29) is 5.91 Å². The maximum Gasteiger partial charge on any atom is 0.247 e. The Morgan fingerprint density at radius 3 is 2.94 bits per heavy atom. The third-order valence-electron chi connectivity index (χ3n) is 2.39. The molecule has 0 saturated carbocycles. The fourth-order valence-corrected chi connectivity index (χ4v) is 1.57. The van der Waals surface area contributed by atoms with Crippen molar-refractivity contribution in [2.75, 3.05) is 5.32 Å². The Hall–Kier alpha value is -2.49. The van der Waals surface area contributed by atoms with E-state index in [0.717, 1.165) is 11.3 Å². The summed E-state index contributed by atoms with van der Waals surface area (Å²) in [5.41, 5.74) is 2.48. The van der Waals surface area contributed by atoms with E-state index in [4.69, 9.17) is 0 Å². The van der Waals surface area contributed by atoms with Gasteiger partial charge in [-0.05, 0) is 31.2 Å². The molecule has 2 aromatic rings. The number of aromatic nitrogens is 2. The Kier molecular flexibility index (Phi) is 3.48. The van der Waals surface area contributed by atoms with Gasteiger partial charge in [0, 0.05) is 17.4 Å². The fourth-order valence-electron chi connectivity index (χ4n) is 1.57. The number of carbonyl (C=O) groups is 1. The molecule has 0 bridgehead atoms. The first kappa shape index (κ1) is 12.0.